The minimum Gasteiger partial charge on any atom is -0.348 e. The number of allylic oxidation sites excluding steroid dienone is 9. The number of nitrogens with zero attached hydrogens (tertiary/aromatic N) is 1. The Morgan fingerprint density at radius 2 is 1.57 bits per heavy atom. The summed E-state index contributed by atoms with van der Waals surface area (Å²) in [6.45, 7) is 10.5. The average Bonchev–Trinajstić information content (AvgIpc) is 2.75. The first-order valence-electron chi connectivity index (χ1n) is 9.75. The van der Waals surface area contributed by atoms with Gasteiger partial charge in [0.25, 0.3) is 0 Å². The molecule has 144 valence electrons. The van der Waals surface area contributed by atoms with Crippen LogP contribution in [0.15, 0.2) is 120 Å². The first-order valence-corrected chi connectivity index (χ1v) is 9.75. The van der Waals surface area contributed by atoms with Gasteiger partial charge in [-0.25, -0.2) is 0 Å². The molecule has 0 unspecified atom stereocenters. The van der Waals surface area contributed by atoms with Crippen LogP contribution in [0.2, 0.25) is 0 Å². The van der Waals surface area contributed by atoms with Crippen LogP contribution in [-0.2, 0) is 6.42 Å². The van der Waals surface area contributed by atoms with Crippen molar-refractivity contribution in [3.8, 4) is 0 Å². The summed E-state index contributed by atoms with van der Waals surface area (Å²) in [5.74, 6) is 0. The van der Waals surface area contributed by atoms with Gasteiger partial charge in [-0.05, 0) is 61.6 Å². The zero-order chi connectivity index (χ0) is 20.4. The minimum atomic E-state index is 0.886. The van der Waals surface area contributed by atoms with Crippen LogP contribution in [0, 0.1) is 0 Å². The Labute approximate surface area is 170 Å². The van der Waals surface area contributed by atoms with Gasteiger partial charge >= 0.3 is 0 Å². The van der Waals surface area contributed by atoms with E-state index in [0.29, 0.717) is 0 Å². The van der Waals surface area contributed by atoms with Crippen LogP contribution in [0.1, 0.15) is 26.3 Å². The fraction of sp³-hybridized carbons (Fsp3) is 0.185. The van der Waals surface area contributed by atoms with Gasteiger partial charge in [-0.3, -0.25) is 0 Å². The number of hydrogen-bond acceptors (Lipinski definition) is 1. The Hall–Kier alpha value is -3.06. The van der Waals surface area contributed by atoms with Crippen molar-refractivity contribution < 1.29 is 0 Å². The molecule has 0 aliphatic rings. The van der Waals surface area contributed by atoms with Gasteiger partial charge in [0.2, 0.25) is 0 Å². The summed E-state index contributed by atoms with van der Waals surface area (Å²) >= 11 is 0. The standard InChI is InChI=1S/C27H31N/c1-6-8-17-25(7-2)27(21-20-24-15-11-9-12-16-24)22(3)23(4)28(5)26-18-13-10-14-19-26/h6-19,21H,2,20H2,1,3-5H3/b8-6-,23-22+,25-17+,27-21+. The number of benzene rings is 2. The molecule has 1 heteroatoms. The van der Waals surface area contributed by atoms with Crippen LogP contribution >= 0.6 is 0 Å². The van der Waals surface area contributed by atoms with Crippen molar-refractivity contribution in [2.75, 3.05) is 11.9 Å². The molecule has 0 aromatic heterocycles. The van der Waals surface area contributed by atoms with E-state index in [0.717, 1.165) is 12.0 Å². The van der Waals surface area contributed by atoms with E-state index in [9.17, 15) is 0 Å². The number of rotatable bonds is 8. The average molecular weight is 370 g/mol. The molecule has 0 bridgehead atoms. The summed E-state index contributed by atoms with van der Waals surface area (Å²) in [6.07, 6.45) is 11.4. The third-order valence-corrected chi connectivity index (χ3v) is 4.98. The van der Waals surface area contributed by atoms with E-state index in [1.807, 2.05) is 25.1 Å². The Balaban J connectivity index is 2.48. The third kappa shape index (κ3) is 5.72. The lowest BCUT2D eigenvalue weighted by Crippen LogP contribution is -2.16. The van der Waals surface area contributed by atoms with E-state index in [1.54, 1.807) is 0 Å². The molecule has 0 saturated heterocycles. The molecule has 28 heavy (non-hydrogen) atoms. The first-order chi connectivity index (χ1) is 13.6. The molecule has 0 atom stereocenters. The number of hydrogen-bond donors (Lipinski definition) is 0. The molecule has 2 rings (SSSR count). The van der Waals surface area contributed by atoms with Gasteiger partial charge in [-0.1, -0.05) is 85.5 Å². The molecule has 0 radical (unpaired) electrons. The van der Waals surface area contributed by atoms with E-state index < -0.39 is 0 Å². The fourth-order valence-electron chi connectivity index (χ4n) is 3.08. The van der Waals surface area contributed by atoms with Crippen LogP contribution in [0.25, 0.3) is 0 Å². The lowest BCUT2D eigenvalue weighted by atomic mass is 9.94. The van der Waals surface area contributed by atoms with Gasteiger partial charge < -0.3 is 4.90 Å². The third-order valence-electron chi connectivity index (χ3n) is 4.98. The molecule has 2 aromatic carbocycles. The maximum Gasteiger partial charge on any atom is 0.0405 e. The lowest BCUT2D eigenvalue weighted by Gasteiger charge is -2.24. The highest BCUT2D eigenvalue weighted by Crippen LogP contribution is 2.27. The van der Waals surface area contributed by atoms with E-state index in [2.05, 4.69) is 105 Å². The van der Waals surface area contributed by atoms with E-state index in [4.69, 9.17) is 0 Å². The van der Waals surface area contributed by atoms with Crippen LogP contribution < -0.4 is 4.90 Å². The normalized spacial score (nSPS) is 13.4. The smallest absolute Gasteiger partial charge is 0.0405 e. The van der Waals surface area contributed by atoms with Gasteiger partial charge in [0, 0.05) is 18.4 Å². The summed E-state index contributed by atoms with van der Waals surface area (Å²) in [6, 6.07) is 21.0. The van der Waals surface area contributed by atoms with Crippen LogP contribution in [-0.4, -0.2) is 7.05 Å². The van der Waals surface area contributed by atoms with Crippen molar-refractivity contribution in [2.45, 2.75) is 27.2 Å². The molecule has 0 aliphatic carbocycles. The van der Waals surface area contributed by atoms with E-state index >= 15 is 0 Å². The van der Waals surface area contributed by atoms with Crippen molar-refractivity contribution in [3.63, 3.8) is 0 Å². The highest BCUT2D eigenvalue weighted by atomic mass is 15.1. The van der Waals surface area contributed by atoms with Crippen LogP contribution in [0.4, 0.5) is 5.69 Å². The second-order valence-electron chi connectivity index (χ2n) is 6.76. The zero-order valence-corrected chi connectivity index (χ0v) is 17.5. The monoisotopic (exact) mass is 369 g/mol. The Morgan fingerprint density at radius 1 is 0.964 bits per heavy atom. The highest BCUT2D eigenvalue weighted by Gasteiger charge is 2.11. The summed E-state index contributed by atoms with van der Waals surface area (Å²) < 4.78 is 0. The maximum atomic E-state index is 4.06. The SMILES string of the molecule is C=CC(=C\C=C/C)/C(=C/Cc1ccccc1)C(/C)=C(\C)N(C)c1ccccc1. The van der Waals surface area contributed by atoms with E-state index in [1.165, 1.54) is 28.1 Å². The van der Waals surface area contributed by atoms with Gasteiger partial charge in [0.05, 0.1) is 0 Å². The fourth-order valence-corrected chi connectivity index (χ4v) is 3.08. The summed E-state index contributed by atoms with van der Waals surface area (Å²) in [5, 5.41) is 0. The Bertz CT molecular complexity index is 880. The molecule has 0 fully saturated rings. The zero-order valence-electron chi connectivity index (χ0n) is 17.5. The van der Waals surface area contributed by atoms with Crippen molar-refractivity contribution in [2.24, 2.45) is 0 Å². The topological polar surface area (TPSA) is 3.24 Å². The van der Waals surface area contributed by atoms with Gasteiger partial charge in [0.15, 0.2) is 0 Å². The van der Waals surface area contributed by atoms with Crippen molar-refractivity contribution in [1.29, 1.82) is 0 Å². The van der Waals surface area contributed by atoms with Gasteiger partial charge in [-0.2, -0.15) is 0 Å². The highest BCUT2D eigenvalue weighted by molar-refractivity contribution is 5.58. The molecule has 0 aliphatic heterocycles. The maximum absolute atomic E-state index is 4.06. The van der Waals surface area contributed by atoms with E-state index in [-0.39, 0.29) is 0 Å². The Morgan fingerprint density at radius 3 is 2.14 bits per heavy atom. The molecule has 0 saturated carbocycles. The molecule has 0 heterocycles. The molecular formula is C27H31N. The second-order valence-corrected chi connectivity index (χ2v) is 6.76. The molecule has 1 nitrogen and oxygen atoms in total. The van der Waals surface area contributed by atoms with Crippen molar-refractivity contribution in [3.05, 3.63) is 126 Å². The summed E-state index contributed by atoms with van der Waals surface area (Å²) in [4.78, 5) is 2.24. The first kappa shape index (κ1) is 21.2. The van der Waals surface area contributed by atoms with Gasteiger partial charge in [0.1, 0.15) is 0 Å². The molecular weight excluding hydrogens is 338 g/mol. The summed E-state index contributed by atoms with van der Waals surface area (Å²) in [5.41, 5.74) is 7.30. The van der Waals surface area contributed by atoms with Crippen LogP contribution in [0.3, 0.4) is 0 Å². The number of anilines is 1. The molecule has 0 spiro atoms. The Kier molecular flexibility index (Phi) is 8.30. The van der Waals surface area contributed by atoms with Crippen LogP contribution in [0.5, 0.6) is 0 Å². The molecule has 2 aromatic rings. The van der Waals surface area contributed by atoms with Gasteiger partial charge in [-0.15, -0.1) is 0 Å². The lowest BCUT2D eigenvalue weighted by molar-refractivity contribution is 1.05. The molecule has 0 amide bonds. The summed E-state index contributed by atoms with van der Waals surface area (Å²) in [7, 11) is 2.12. The largest absolute Gasteiger partial charge is 0.348 e. The molecule has 0 N–H and O–H groups in total. The van der Waals surface area contributed by atoms with Crippen molar-refractivity contribution >= 4 is 5.69 Å². The second kappa shape index (κ2) is 10.9. The predicted molar refractivity (Wildman–Crippen MR) is 125 cm³/mol. The van der Waals surface area contributed by atoms with Crippen molar-refractivity contribution in [1.82, 2.24) is 0 Å². The minimum absolute atomic E-state index is 0.886. The number of para-hydroxylation sites is 1. The predicted octanol–water partition coefficient (Wildman–Crippen LogP) is 7.27. The quantitative estimate of drug-likeness (QED) is 0.442.